The first kappa shape index (κ1) is 21.3. The van der Waals surface area contributed by atoms with Gasteiger partial charge < -0.3 is 15.1 Å². The number of hydrogen-bond donors (Lipinski definition) is 1. The Bertz CT molecular complexity index is 901. The van der Waals surface area contributed by atoms with Gasteiger partial charge in [0.25, 0.3) is 5.91 Å². The molecule has 1 aliphatic carbocycles. The Hall–Kier alpha value is -1.92. The molecule has 0 unspecified atom stereocenters. The van der Waals surface area contributed by atoms with Gasteiger partial charge in [-0.25, -0.2) is 0 Å². The number of benzene rings is 1. The maximum Gasteiger partial charge on any atom is 0.264 e. The van der Waals surface area contributed by atoms with E-state index in [1.165, 1.54) is 15.6 Å². The molecule has 162 valence electrons. The van der Waals surface area contributed by atoms with Gasteiger partial charge in [0.2, 0.25) is 5.91 Å². The van der Waals surface area contributed by atoms with Gasteiger partial charge in [0, 0.05) is 37.8 Å². The molecule has 1 N–H and O–H groups in total. The van der Waals surface area contributed by atoms with E-state index in [2.05, 4.69) is 46.4 Å². The smallest absolute Gasteiger partial charge is 0.264 e. The van der Waals surface area contributed by atoms with E-state index in [1.54, 1.807) is 18.3 Å². The lowest BCUT2D eigenvalue weighted by atomic mass is 9.77. The van der Waals surface area contributed by atoms with Crippen LogP contribution < -0.4 is 5.32 Å². The Labute approximate surface area is 183 Å². The maximum atomic E-state index is 13.6. The zero-order chi connectivity index (χ0) is 21.1. The zero-order valence-corrected chi connectivity index (χ0v) is 19.0. The number of thiophene rings is 1. The minimum atomic E-state index is 0.0527. The standard InChI is InChI=1S/C24H33N3O2S/c1-17(28)25-16-18-8-10-19(11-9-18)22-20-6-3-4-7-21(20)30-23(22)24(29)27-13-5-12-26(2)14-15-27/h3-4,6-7,18-19H,5,8-16H2,1-2H3,(H,25,28). The lowest BCUT2D eigenvalue weighted by Crippen LogP contribution is -2.34. The van der Waals surface area contributed by atoms with Gasteiger partial charge >= 0.3 is 0 Å². The van der Waals surface area contributed by atoms with Gasteiger partial charge in [-0.15, -0.1) is 11.3 Å². The van der Waals surface area contributed by atoms with Crippen molar-refractivity contribution in [2.75, 3.05) is 39.8 Å². The van der Waals surface area contributed by atoms with Crippen LogP contribution in [-0.4, -0.2) is 61.4 Å². The van der Waals surface area contributed by atoms with E-state index >= 15 is 0 Å². The molecule has 2 amide bonds. The third kappa shape index (κ3) is 4.70. The van der Waals surface area contributed by atoms with Crippen molar-refractivity contribution >= 4 is 33.2 Å². The molecule has 5 nitrogen and oxygen atoms in total. The third-order valence-electron chi connectivity index (χ3n) is 6.73. The van der Waals surface area contributed by atoms with Crippen molar-refractivity contribution in [2.24, 2.45) is 5.92 Å². The molecule has 0 spiro atoms. The molecule has 0 bridgehead atoms. The van der Waals surface area contributed by atoms with Gasteiger partial charge in [-0.3, -0.25) is 9.59 Å². The summed E-state index contributed by atoms with van der Waals surface area (Å²) in [6.45, 7) is 6.02. The summed E-state index contributed by atoms with van der Waals surface area (Å²) in [4.78, 5) is 30.2. The monoisotopic (exact) mass is 427 g/mol. The Morgan fingerprint density at radius 1 is 1.07 bits per heavy atom. The zero-order valence-electron chi connectivity index (χ0n) is 18.2. The lowest BCUT2D eigenvalue weighted by molar-refractivity contribution is -0.119. The highest BCUT2D eigenvalue weighted by Crippen LogP contribution is 2.44. The van der Waals surface area contributed by atoms with E-state index in [9.17, 15) is 9.59 Å². The fourth-order valence-corrected chi connectivity index (χ4v) is 6.22. The Morgan fingerprint density at radius 3 is 2.60 bits per heavy atom. The Balaban J connectivity index is 1.57. The van der Waals surface area contributed by atoms with E-state index in [-0.39, 0.29) is 11.8 Å². The highest BCUT2D eigenvalue weighted by Gasteiger charge is 2.31. The molecule has 2 aromatic rings. The van der Waals surface area contributed by atoms with Crippen molar-refractivity contribution in [1.82, 2.24) is 15.1 Å². The molecule has 30 heavy (non-hydrogen) atoms. The summed E-state index contributed by atoms with van der Waals surface area (Å²) in [6, 6.07) is 8.51. The second-order valence-corrected chi connectivity index (χ2v) is 10.00. The minimum Gasteiger partial charge on any atom is -0.356 e. The van der Waals surface area contributed by atoms with Gasteiger partial charge in [0.1, 0.15) is 0 Å². The first-order valence-electron chi connectivity index (χ1n) is 11.3. The number of amides is 2. The summed E-state index contributed by atoms with van der Waals surface area (Å²) in [5.74, 6) is 1.26. The number of carbonyl (C=O) groups excluding carboxylic acids is 2. The first-order chi connectivity index (χ1) is 14.5. The summed E-state index contributed by atoms with van der Waals surface area (Å²) in [5.41, 5.74) is 1.29. The summed E-state index contributed by atoms with van der Waals surface area (Å²) in [5, 5.41) is 4.24. The van der Waals surface area contributed by atoms with Gasteiger partial charge in [0.05, 0.1) is 4.88 Å². The topological polar surface area (TPSA) is 52.7 Å². The number of nitrogens with zero attached hydrogens (tertiary/aromatic N) is 2. The number of fused-ring (bicyclic) bond motifs is 1. The largest absolute Gasteiger partial charge is 0.356 e. The second kappa shape index (κ2) is 9.48. The molecular weight excluding hydrogens is 394 g/mol. The summed E-state index contributed by atoms with van der Waals surface area (Å²) >= 11 is 1.68. The van der Waals surface area contributed by atoms with Crippen molar-refractivity contribution in [3.05, 3.63) is 34.7 Å². The average Bonchev–Trinajstić information content (AvgIpc) is 3.00. The number of rotatable bonds is 4. The predicted molar refractivity (Wildman–Crippen MR) is 123 cm³/mol. The van der Waals surface area contributed by atoms with Crippen LogP contribution in [0.2, 0.25) is 0 Å². The second-order valence-electron chi connectivity index (χ2n) is 8.94. The highest BCUT2D eigenvalue weighted by molar-refractivity contribution is 7.21. The molecule has 2 fully saturated rings. The van der Waals surface area contributed by atoms with Crippen LogP contribution in [0.15, 0.2) is 24.3 Å². The Kier molecular flexibility index (Phi) is 6.74. The maximum absolute atomic E-state index is 13.6. The molecule has 1 aromatic heterocycles. The highest BCUT2D eigenvalue weighted by atomic mass is 32.1. The molecule has 0 radical (unpaired) electrons. The van der Waals surface area contributed by atoms with Gasteiger partial charge in [-0.05, 0) is 74.5 Å². The number of nitrogens with one attached hydrogen (secondary N) is 1. The molecule has 6 heteroatoms. The van der Waals surface area contributed by atoms with E-state index < -0.39 is 0 Å². The van der Waals surface area contributed by atoms with Crippen LogP contribution in [0.3, 0.4) is 0 Å². The number of hydrogen-bond acceptors (Lipinski definition) is 4. The van der Waals surface area contributed by atoms with Crippen LogP contribution in [0.4, 0.5) is 0 Å². The van der Waals surface area contributed by atoms with E-state index in [4.69, 9.17) is 0 Å². The average molecular weight is 428 g/mol. The normalized spacial score (nSPS) is 23.3. The van der Waals surface area contributed by atoms with E-state index in [0.717, 1.165) is 69.7 Å². The quantitative estimate of drug-likeness (QED) is 0.800. The molecule has 0 atom stereocenters. The Morgan fingerprint density at radius 2 is 1.83 bits per heavy atom. The molecular formula is C24H33N3O2S. The van der Waals surface area contributed by atoms with E-state index in [0.29, 0.717) is 11.8 Å². The fourth-order valence-electron chi connectivity index (χ4n) is 4.97. The van der Waals surface area contributed by atoms with Crippen LogP contribution in [0.25, 0.3) is 10.1 Å². The molecule has 1 aromatic carbocycles. The van der Waals surface area contributed by atoms with Crippen molar-refractivity contribution < 1.29 is 9.59 Å². The van der Waals surface area contributed by atoms with Gasteiger partial charge in [-0.1, -0.05) is 18.2 Å². The lowest BCUT2D eigenvalue weighted by Gasteiger charge is -2.30. The van der Waals surface area contributed by atoms with Crippen LogP contribution in [0, 0.1) is 5.92 Å². The minimum absolute atomic E-state index is 0.0527. The molecule has 4 rings (SSSR count). The van der Waals surface area contributed by atoms with Crippen LogP contribution >= 0.6 is 11.3 Å². The molecule has 2 heterocycles. The van der Waals surface area contributed by atoms with Crippen LogP contribution in [0.5, 0.6) is 0 Å². The van der Waals surface area contributed by atoms with Crippen molar-refractivity contribution in [2.45, 2.75) is 44.9 Å². The van der Waals surface area contributed by atoms with E-state index in [1.807, 2.05) is 0 Å². The molecule has 1 saturated carbocycles. The van der Waals surface area contributed by atoms with Crippen molar-refractivity contribution in [1.29, 1.82) is 0 Å². The third-order valence-corrected chi connectivity index (χ3v) is 7.90. The predicted octanol–water partition coefficient (Wildman–Crippen LogP) is 4.09. The number of likely N-dealkylation sites (N-methyl/N-ethyl adjacent to an activating group) is 1. The summed E-state index contributed by atoms with van der Waals surface area (Å²) < 4.78 is 1.23. The van der Waals surface area contributed by atoms with Crippen LogP contribution in [-0.2, 0) is 4.79 Å². The first-order valence-corrected chi connectivity index (χ1v) is 12.1. The number of carbonyl (C=O) groups is 2. The van der Waals surface area contributed by atoms with Gasteiger partial charge in [0.15, 0.2) is 0 Å². The SMILES string of the molecule is CC(=O)NCC1CCC(c2c(C(=O)N3CCCN(C)CC3)sc3ccccc23)CC1. The molecule has 2 aliphatic rings. The van der Waals surface area contributed by atoms with Crippen molar-refractivity contribution in [3.8, 4) is 0 Å². The van der Waals surface area contributed by atoms with Crippen molar-refractivity contribution in [3.63, 3.8) is 0 Å². The van der Waals surface area contributed by atoms with Gasteiger partial charge in [-0.2, -0.15) is 0 Å². The fraction of sp³-hybridized carbons (Fsp3) is 0.583. The summed E-state index contributed by atoms with van der Waals surface area (Å²) in [7, 11) is 2.14. The molecule has 1 aliphatic heterocycles. The van der Waals surface area contributed by atoms with Crippen LogP contribution in [0.1, 0.15) is 60.2 Å². The molecule has 1 saturated heterocycles. The summed E-state index contributed by atoms with van der Waals surface area (Å²) in [6.07, 6.45) is 5.44.